The number of carbonyl (C=O) groups excluding carboxylic acids is 2. The van der Waals surface area contributed by atoms with Gasteiger partial charge in [-0.05, 0) is 12.1 Å². The molecular formula is C24H34N8O4S2. The summed E-state index contributed by atoms with van der Waals surface area (Å²) < 4.78 is 1.90. The van der Waals surface area contributed by atoms with Crippen molar-refractivity contribution >= 4 is 65.2 Å². The molecule has 1 aromatic carbocycles. The molecule has 12 nitrogen and oxygen atoms in total. The van der Waals surface area contributed by atoms with Gasteiger partial charge in [-0.15, -0.1) is 0 Å². The Morgan fingerprint density at radius 2 is 1.08 bits per heavy atom. The molecule has 0 unspecified atom stereocenters. The van der Waals surface area contributed by atoms with Crippen molar-refractivity contribution in [3.8, 4) is 0 Å². The predicted octanol–water partition coefficient (Wildman–Crippen LogP) is 0.00280. The maximum absolute atomic E-state index is 12.6. The van der Waals surface area contributed by atoms with E-state index in [9.17, 15) is 9.59 Å². The molecule has 4 heterocycles. The lowest BCUT2D eigenvalue weighted by atomic mass is 10.3. The van der Waals surface area contributed by atoms with E-state index in [4.69, 9.17) is 10.2 Å². The average molecular weight is 563 g/mol. The van der Waals surface area contributed by atoms with E-state index in [1.807, 2.05) is 12.1 Å². The molecular weight excluding hydrogens is 528 g/mol. The molecule has 2 fully saturated rings. The summed E-state index contributed by atoms with van der Waals surface area (Å²) >= 11 is 2.85. The number of piperazine rings is 2. The molecule has 2 amide bonds. The fraction of sp³-hybridized carbons (Fsp3) is 0.583. The largest absolute Gasteiger partial charge is 0.395 e. The van der Waals surface area contributed by atoms with Gasteiger partial charge in [-0.1, -0.05) is 22.7 Å². The van der Waals surface area contributed by atoms with Crippen LogP contribution < -0.4 is 10.6 Å². The fourth-order valence-corrected chi connectivity index (χ4v) is 6.69. The standard InChI is InChI=1S/C24H34N8O4S2/c33-11-9-29-1-5-31(6-2-29)15-21(35)27-23-25-17-13-18-20(14-19(17)37-23)38-24(26-18)28-22(36)16-32-7-3-30(4-8-32)10-12-34/h13-14,33-34H,1-12,15-16H2,(H,25,27,35)(H,26,28,36). The van der Waals surface area contributed by atoms with E-state index in [1.54, 1.807) is 0 Å². The third kappa shape index (κ3) is 7.01. The number of aromatic nitrogens is 2. The minimum atomic E-state index is -0.0839. The first-order valence-electron chi connectivity index (χ1n) is 12.9. The van der Waals surface area contributed by atoms with Crippen molar-refractivity contribution in [3.63, 3.8) is 0 Å². The van der Waals surface area contributed by atoms with Crippen molar-refractivity contribution in [3.05, 3.63) is 12.1 Å². The van der Waals surface area contributed by atoms with Gasteiger partial charge in [0.25, 0.3) is 0 Å². The van der Waals surface area contributed by atoms with Gasteiger partial charge >= 0.3 is 0 Å². The van der Waals surface area contributed by atoms with Crippen LogP contribution in [0.2, 0.25) is 0 Å². The highest BCUT2D eigenvalue weighted by atomic mass is 32.1. The van der Waals surface area contributed by atoms with Crippen LogP contribution >= 0.6 is 22.7 Å². The predicted molar refractivity (Wildman–Crippen MR) is 150 cm³/mol. The molecule has 14 heteroatoms. The maximum atomic E-state index is 12.6. The number of aliphatic hydroxyl groups excluding tert-OH is 2. The van der Waals surface area contributed by atoms with Crippen LogP contribution in [0.5, 0.6) is 0 Å². The lowest BCUT2D eigenvalue weighted by Gasteiger charge is -2.33. The summed E-state index contributed by atoms with van der Waals surface area (Å²) in [6.45, 7) is 8.92. The van der Waals surface area contributed by atoms with E-state index in [0.717, 1.165) is 72.8 Å². The second-order valence-corrected chi connectivity index (χ2v) is 11.7. The quantitative estimate of drug-likeness (QED) is 0.267. The third-order valence-corrected chi connectivity index (χ3v) is 8.75. The number of nitrogens with one attached hydrogen (secondary N) is 2. The minimum Gasteiger partial charge on any atom is -0.395 e. The number of β-amino-alcohol motifs (C(OH)–C–C–N with tert-alkyl or cyclic N) is 2. The number of thiazole rings is 2. The Morgan fingerprint density at radius 3 is 1.47 bits per heavy atom. The Hall–Kier alpha value is -2.30. The maximum Gasteiger partial charge on any atom is 0.240 e. The van der Waals surface area contributed by atoms with Crippen molar-refractivity contribution in [2.24, 2.45) is 0 Å². The van der Waals surface area contributed by atoms with Gasteiger partial charge in [0.05, 0.1) is 46.7 Å². The molecule has 2 aliphatic rings. The average Bonchev–Trinajstić information content (AvgIpc) is 3.46. The van der Waals surface area contributed by atoms with Crippen molar-refractivity contribution in [1.29, 1.82) is 0 Å². The number of hydrogen-bond acceptors (Lipinski definition) is 12. The molecule has 2 saturated heterocycles. The SMILES string of the molecule is O=C(CN1CCN(CCO)CC1)Nc1nc2cc3nc(NC(=O)CN4CCN(CCO)CC4)sc3cc2s1. The monoisotopic (exact) mass is 562 g/mol. The second-order valence-electron chi connectivity index (χ2n) is 9.60. The van der Waals surface area contributed by atoms with Gasteiger partial charge in [0.2, 0.25) is 11.8 Å². The molecule has 2 aromatic heterocycles. The van der Waals surface area contributed by atoms with Crippen molar-refractivity contribution in [1.82, 2.24) is 29.6 Å². The number of benzene rings is 1. The van der Waals surface area contributed by atoms with Crippen LogP contribution in [0.1, 0.15) is 0 Å². The molecule has 0 radical (unpaired) electrons. The smallest absolute Gasteiger partial charge is 0.240 e. The Bertz CT molecular complexity index is 1110. The molecule has 0 aliphatic carbocycles. The van der Waals surface area contributed by atoms with Crippen LogP contribution in [0, 0.1) is 0 Å². The van der Waals surface area contributed by atoms with E-state index in [-0.39, 0.29) is 25.0 Å². The Balaban J connectivity index is 1.13. The molecule has 0 atom stereocenters. The lowest BCUT2D eigenvalue weighted by Crippen LogP contribution is -2.49. The van der Waals surface area contributed by atoms with Crippen molar-refractivity contribution in [2.45, 2.75) is 0 Å². The third-order valence-electron chi connectivity index (χ3n) is 6.89. The molecule has 3 aromatic rings. The first-order valence-corrected chi connectivity index (χ1v) is 14.5. The van der Waals surface area contributed by atoms with E-state index in [2.05, 4.69) is 40.2 Å². The summed E-state index contributed by atoms with van der Waals surface area (Å²) in [7, 11) is 0. The number of carbonyl (C=O) groups is 2. The minimum absolute atomic E-state index is 0.0839. The first kappa shape index (κ1) is 27.3. The molecule has 2 aliphatic heterocycles. The zero-order valence-corrected chi connectivity index (χ0v) is 22.9. The van der Waals surface area contributed by atoms with Crippen molar-refractivity contribution in [2.75, 3.05) is 102 Å². The molecule has 0 saturated carbocycles. The van der Waals surface area contributed by atoms with E-state index in [1.165, 1.54) is 22.7 Å². The number of nitrogens with zero attached hydrogens (tertiary/aromatic N) is 6. The van der Waals surface area contributed by atoms with Crippen LogP contribution in [-0.4, -0.2) is 143 Å². The number of fused-ring (bicyclic) bond motifs is 2. The Morgan fingerprint density at radius 1 is 0.684 bits per heavy atom. The molecule has 206 valence electrons. The highest BCUT2D eigenvalue weighted by Crippen LogP contribution is 2.34. The molecule has 0 bridgehead atoms. The molecule has 38 heavy (non-hydrogen) atoms. The van der Waals surface area contributed by atoms with Crippen LogP contribution in [0.25, 0.3) is 20.4 Å². The summed E-state index contributed by atoms with van der Waals surface area (Å²) in [5.74, 6) is -0.168. The summed E-state index contributed by atoms with van der Waals surface area (Å²) in [6.07, 6.45) is 0. The zero-order chi connectivity index (χ0) is 26.5. The fourth-order valence-electron chi connectivity index (χ4n) is 4.81. The molecule has 0 spiro atoms. The van der Waals surface area contributed by atoms with Gasteiger partial charge in [-0.3, -0.25) is 29.2 Å². The van der Waals surface area contributed by atoms with Gasteiger partial charge in [0.15, 0.2) is 10.3 Å². The van der Waals surface area contributed by atoms with Crippen LogP contribution in [0.3, 0.4) is 0 Å². The van der Waals surface area contributed by atoms with Gasteiger partial charge in [0, 0.05) is 65.4 Å². The number of aliphatic hydroxyl groups is 2. The van der Waals surface area contributed by atoms with Crippen LogP contribution in [-0.2, 0) is 9.59 Å². The summed E-state index contributed by atoms with van der Waals surface area (Å²) in [4.78, 5) is 42.9. The lowest BCUT2D eigenvalue weighted by molar-refractivity contribution is -0.118. The number of rotatable bonds is 10. The van der Waals surface area contributed by atoms with E-state index < -0.39 is 0 Å². The van der Waals surface area contributed by atoms with Crippen LogP contribution in [0.4, 0.5) is 10.3 Å². The number of anilines is 2. The van der Waals surface area contributed by atoms with Gasteiger partial charge < -0.3 is 20.8 Å². The normalized spacial score (nSPS) is 18.4. The molecule has 4 N–H and O–H groups in total. The summed E-state index contributed by atoms with van der Waals surface area (Å²) in [6, 6.07) is 3.90. The molecule has 5 rings (SSSR count). The highest BCUT2D eigenvalue weighted by Gasteiger charge is 2.21. The first-order chi connectivity index (χ1) is 18.5. The van der Waals surface area contributed by atoms with Gasteiger partial charge in [-0.25, -0.2) is 9.97 Å². The van der Waals surface area contributed by atoms with Gasteiger partial charge in [0.1, 0.15) is 0 Å². The van der Waals surface area contributed by atoms with E-state index >= 15 is 0 Å². The highest BCUT2D eigenvalue weighted by molar-refractivity contribution is 7.24. The topological polar surface area (TPSA) is 137 Å². The van der Waals surface area contributed by atoms with Crippen molar-refractivity contribution < 1.29 is 19.8 Å². The Kier molecular flexibility index (Phi) is 9.12. The second kappa shape index (κ2) is 12.7. The Labute approximate surface area is 228 Å². The van der Waals surface area contributed by atoms with Gasteiger partial charge in [-0.2, -0.15) is 0 Å². The van der Waals surface area contributed by atoms with Crippen LogP contribution in [0.15, 0.2) is 12.1 Å². The van der Waals surface area contributed by atoms with E-state index in [0.29, 0.717) is 36.4 Å². The summed E-state index contributed by atoms with van der Waals surface area (Å²) in [5.41, 5.74) is 1.53. The summed E-state index contributed by atoms with van der Waals surface area (Å²) in [5, 5.41) is 25.1. The number of hydrogen-bond donors (Lipinski definition) is 4. The zero-order valence-electron chi connectivity index (χ0n) is 21.3. The number of amides is 2.